The van der Waals surface area contributed by atoms with E-state index in [1.54, 1.807) is 0 Å². The van der Waals surface area contributed by atoms with Crippen LogP contribution < -0.4 is 15.2 Å². The van der Waals surface area contributed by atoms with Crippen molar-refractivity contribution in [1.82, 2.24) is 0 Å². The monoisotopic (exact) mass is 377 g/mol. The third kappa shape index (κ3) is 3.40. The van der Waals surface area contributed by atoms with Gasteiger partial charge in [-0.1, -0.05) is 0 Å². The molecule has 0 fully saturated rings. The Bertz CT molecular complexity index is 824. The van der Waals surface area contributed by atoms with Crippen LogP contribution in [0.4, 0.5) is 17.6 Å². The van der Waals surface area contributed by atoms with Crippen molar-refractivity contribution in [1.29, 1.82) is 0 Å². The number of alkyl halides is 3. The summed E-state index contributed by atoms with van der Waals surface area (Å²) in [5.74, 6) is -5.03. The zero-order valence-electron chi connectivity index (χ0n) is 13.4. The standard InChI is InChI=1S/C15H10F4O5.CH5N/c16-6-3-8(14-10(4-6)23-1-2-24-14)7-5-9(20)12(21)13(22)11(7)15(17,18)19;1-2/h3-5,20-22H,1-2H2;2H2,1H3. The highest BCUT2D eigenvalue weighted by Crippen LogP contribution is 2.53. The third-order valence-electron chi connectivity index (χ3n) is 3.43. The number of halogens is 4. The molecule has 3 rings (SSSR count). The van der Waals surface area contributed by atoms with Crippen LogP contribution in [0.15, 0.2) is 18.2 Å². The highest BCUT2D eigenvalue weighted by molar-refractivity contribution is 5.81. The van der Waals surface area contributed by atoms with Gasteiger partial charge in [-0.3, -0.25) is 0 Å². The summed E-state index contributed by atoms with van der Waals surface area (Å²) in [5.41, 5.74) is 1.75. The molecule has 0 amide bonds. The van der Waals surface area contributed by atoms with Crippen LogP contribution in [0, 0.1) is 5.82 Å². The quantitative estimate of drug-likeness (QED) is 0.450. The van der Waals surface area contributed by atoms with Crippen LogP contribution in [-0.2, 0) is 6.18 Å². The number of benzene rings is 2. The van der Waals surface area contributed by atoms with Crippen molar-refractivity contribution in [2.75, 3.05) is 20.3 Å². The first-order valence-corrected chi connectivity index (χ1v) is 7.22. The highest BCUT2D eigenvalue weighted by atomic mass is 19.4. The molecule has 0 atom stereocenters. The first kappa shape index (κ1) is 19.4. The maximum Gasteiger partial charge on any atom is 0.420 e. The predicted octanol–water partition coefficient (Wildman–Crippen LogP) is 2.97. The van der Waals surface area contributed by atoms with Crippen molar-refractivity contribution < 1.29 is 42.4 Å². The number of hydrogen-bond donors (Lipinski definition) is 4. The van der Waals surface area contributed by atoms with Crippen molar-refractivity contribution in [3.8, 4) is 39.9 Å². The second kappa shape index (κ2) is 7.16. The molecular formula is C16H15F4NO5. The van der Waals surface area contributed by atoms with Crippen LogP contribution in [0.1, 0.15) is 5.56 Å². The normalized spacial score (nSPS) is 13.0. The molecule has 142 valence electrons. The largest absolute Gasteiger partial charge is 0.504 e. The average Bonchev–Trinajstić information content (AvgIpc) is 2.59. The van der Waals surface area contributed by atoms with E-state index < -0.39 is 40.4 Å². The van der Waals surface area contributed by atoms with Gasteiger partial charge in [0.05, 0.1) is 0 Å². The van der Waals surface area contributed by atoms with Gasteiger partial charge in [0.15, 0.2) is 23.0 Å². The van der Waals surface area contributed by atoms with Gasteiger partial charge < -0.3 is 30.5 Å². The molecule has 0 saturated heterocycles. The number of phenolic OH excluding ortho intramolecular Hbond substituents is 3. The van der Waals surface area contributed by atoms with E-state index in [0.29, 0.717) is 6.07 Å². The number of ether oxygens (including phenoxy) is 2. The minimum atomic E-state index is -5.08. The van der Waals surface area contributed by atoms with Gasteiger partial charge in [-0.15, -0.1) is 0 Å². The molecule has 0 bridgehead atoms. The van der Waals surface area contributed by atoms with E-state index in [4.69, 9.17) is 9.47 Å². The molecule has 1 aliphatic rings. The molecule has 0 radical (unpaired) electrons. The minimum Gasteiger partial charge on any atom is -0.504 e. The molecule has 0 spiro atoms. The van der Waals surface area contributed by atoms with Crippen LogP contribution in [0.2, 0.25) is 0 Å². The summed E-state index contributed by atoms with van der Waals surface area (Å²) in [7, 11) is 1.50. The summed E-state index contributed by atoms with van der Waals surface area (Å²) >= 11 is 0. The average molecular weight is 377 g/mol. The Morgan fingerprint density at radius 1 is 0.923 bits per heavy atom. The van der Waals surface area contributed by atoms with Gasteiger partial charge in [0.1, 0.15) is 24.6 Å². The smallest absolute Gasteiger partial charge is 0.420 e. The Kier molecular flexibility index (Phi) is 5.36. The van der Waals surface area contributed by atoms with Gasteiger partial charge in [-0.25, -0.2) is 4.39 Å². The fraction of sp³-hybridized carbons (Fsp3) is 0.250. The Hall–Kier alpha value is -2.88. The fourth-order valence-corrected chi connectivity index (χ4v) is 2.46. The second-order valence-corrected chi connectivity index (χ2v) is 4.99. The van der Waals surface area contributed by atoms with Crippen molar-refractivity contribution >= 4 is 0 Å². The van der Waals surface area contributed by atoms with E-state index in [1.165, 1.54) is 7.05 Å². The Morgan fingerprint density at radius 3 is 2.15 bits per heavy atom. The van der Waals surface area contributed by atoms with Gasteiger partial charge in [-0.2, -0.15) is 13.2 Å². The summed E-state index contributed by atoms with van der Waals surface area (Å²) < 4.78 is 64.1. The molecule has 0 saturated carbocycles. The minimum absolute atomic E-state index is 0.0308. The lowest BCUT2D eigenvalue weighted by Gasteiger charge is -2.23. The molecule has 0 unspecified atom stereocenters. The number of hydrogen-bond acceptors (Lipinski definition) is 6. The third-order valence-corrected chi connectivity index (χ3v) is 3.43. The number of phenols is 3. The topological polar surface area (TPSA) is 105 Å². The lowest BCUT2D eigenvalue weighted by Crippen LogP contribution is -2.17. The Morgan fingerprint density at radius 2 is 1.54 bits per heavy atom. The van der Waals surface area contributed by atoms with Crippen LogP contribution in [0.25, 0.3) is 11.1 Å². The maximum atomic E-state index is 13.8. The van der Waals surface area contributed by atoms with Gasteiger partial charge in [-0.05, 0) is 19.2 Å². The van der Waals surface area contributed by atoms with Gasteiger partial charge in [0.2, 0.25) is 5.75 Å². The maximum absolute atomic E-state index is 13.8. The summed E-state index contributed by atoms with van der Waals surface area (Å²) in [6.45, 7) is 0.122. The van der Waals surface area contributed by atoms with E-state index in [1.807, 2.05) is 0 Å². The Balaban J connectivity index is 0.00000117. The summed E-state index contributed by atoms with van der Waals surface area (Å²) in [4.78, 5) is 0. The summed E-state index contributed by atoms with van der Waals surface area (Å²) in [6, 6.07) is 2.28. The van der Waals surface area contributed by atoms with E-state index in [0.717, 1.165) is 12.1 Å². The van der Waals surface area contributed by atoms with Crippen molar-refractivity contribution in [3.05, 3.63) is 29.6 Å². The number of fused-ring (bicyclic) bond motifs is 1. The second-order valence-electron chi connectivity index (χ2n) is 4.99. The van der Waals surface area contributed by atoms with Crippen LogP contribution in [-0.4, -0.2) is 35.6 Å². The van der Waals surface area contributed by atoms with Gasteiger partial charge in [0, 0.05) is 17.2 Å². The van der Waals surface area contributed by atoms with Crippen LogP contribution in [0.5, 0.6) is 28.7 Å². The predicted molar refractivity (Wildman–Crippen MR) is 82.9 cm³/mol. The van der Waals surface area contributed by atoms with E-state index in [9.17, 15) is 32.9 Å². The molecule has 10 heteroatoms. The SMILES string of the molecule is CN.Oc1cc(-c2cc(F)cc3c2OCCO3)c(C(F)(F)F)c(O)c1O. The number of aromatic hydroxyl groups is 3. The van der Waals surface area contributed by atoms with Crippen LogP contribution in [0.3, 0.4) is 0 Å². The Labute approximate surface area is 145 Å². The number of nitrogens with two attached hydrogens (primary N) is 1. The fourth-order valence-electron chi connectivity index (χ4n) is 2.46. The molecule has 6 nitrogen and oxygen atoms in total. The lowest BCUT2D eigenvalue weighted by molar-refractivity contribution is -0.138. The zero-order valence-corrected chi connectivity index (χ0v) is 13.4. The van der Waals surface area contributed by atoms with Crippen molar-refractivity contribution in [2.24, 2.45) is 5.73 Å². The zero-order chi connectivity index (χ0) is 19.6. The molecule has 2 aromatic carbocycles. The van der Waals surface area contributed by atoms with Gasteiger partial charge in [0.25, 0.3) is 0 Å². The molecule has 26 heavy (non-hydrogen) atoms. The molecule has 1 heterocycles. The van der Waals surface area contributed by atoms with Crippen LogP contribution >= 0.6 is 0 Å². The number of rotatable bonds is 1. The molecule has 2 aromatic rings. The van der Waals surface area contributed by atoms with E-state index >= 15 is 0 Å². The van der Waals surface area contributed by atoms with Crippen molar-refractivity contribution in [2.45, 2.75) is 6.18 Å². The summed E-state index contributed by atoms with van der Waals surface area (Å²) in [5, 5.41) is 28.6. The molecule has 0 aliphatic carbocycles. The lowest BCUT2D eigenvalue weighted by atomic mass is 9.96. The molecule has 5 N–H and O–H groups in total. The van der Waals surface area contributed by atoms with E-state index in [-0.39, 0.29) is 30.3 Å². The molecular weight excluding hydrogens is 362 g/mol. The summed E-state index contributed by atoms with van der Waals surface area (Å²) in [6.07, 6.45) is -5.08. The van der Waals surface area contributed by atoms with Crippen molar-refractivity contribution in [3.63, 3.8) is 0 Å². The first-order chi connectivity index (χ1) is 12.2. The molecule has 1 aliphatic heterocycles. The first-order valence-electron chi connectivity index (χ1n) is 7.22. The van der Waals surface area contributed by atoms with E-state index in [2.05, 4.69) is 5.73 Å². The molecule has 0 aromatic heterocycles. The highest BCUT2D eigenvalue weighted by Gasteiger charge is 2.40. The van der Waals surface area contributed by atoms with Gasteiger partial charge >= 0.3 is 6.18 Å².